The van der Waals surface area contributed by atoms with Gasteiger partial charge in [0, 0.05) is 131 Å². The van der Waals surface area contributed by atoms with E-state index in [1.807, 2.05) is 24.3 Å². The van der Waals surface area contributed by atoms with Crippen molar-refractivity contribution in [2.24, 2.45) is 39.6 Å². The normalized spacial score (nSPS) is 16.9. The number of guanidine groups is 1. The van der Waals surface area contributed by atoms with Crippen LogP contribution in [0.3, 0.4) is 0 Å². The van der Waals surface area contributed by atoms with E-state index >= 15 is 0 Å². The van der Waals surface area contributed by atoms with Crippen molar-refractivity contribution in [3.8, 4) is 0 Å². The number of aliphatic hydroxyl groups is 1. The number of nitrogens with zero attached hydrogens (tertiary/aromatic N) is 5. The molecule has 0 spiro atoms. The number of Topliss-reactive ketones (excluding diaryl/α,β-unsaturated/α-hetero) is 1. The summed E-state index contributed by atoms with van der Waals surface area (Å²) in [5.74, 6) is -4.03. The fourth-order valence-corrected chi connectivity index (χ4v) is 13.0. The second-order valence-electron chi connectivity index (χ2n) is 22.5. The molecule has 3 aromatic rings. The third-order valence-electron chi connectivity index (χ3n) is 16.0. The number of benzene rings is 1. The molecule has 0 bridgehead atoms. The van der Waals surface area contributed by atoms with Crippen molar-refractivity contribution in [2.75, 3.05) is 70.4 Å². The number of para-hydroxylation sites is 1. The number of amides is 9. The summed E-state index contributed by atoms with van der Waals surface area (Å²) in [6.07, 6.45) is 9.79. The van der Waals surface area contributed by atoms with Crippen LogP contribution >= 0.6 is 24.4 Å². The lowest BCUT2D eigenvalue weighted by atomic mass is 9.93. The number of carbonyl (C=O) groups is 9. The van der Waals surface area contributed by atoms with E-state index in [0.29, 0.717) is 76.7 Å². The summed E-state index contributed by atoms with van der Waals surface area (Å²) in [6.45, 7) is 1.69. The van der Waals surface area contributed by atoms with E-state index in [-0.39, 0.29) is 143 Å². The van der Waals surface area contributed by atoms with Gasteiger partial charge in [-0.15, -0.1) is 0 Å². The SMILES string of the molecule is CC(O)C(CC(=O)CCCCC1SC[C@@H]2NC(=O)N[C@H]12)C(=O)NCCN(C(=O)CCS)C(Cc1c[nH]c2ccccc12)C(=O)NCCN(C(=O)CCCCCN)C(Cc1cnc[nH]1)C(=O)NCCN(C(=O)CCCCN=C(N)N)C(CCCCN)C(N)=O. The first kappa shape index (κ1) is 71.8. The second kappa shape index (κ2) is 38.5. The number of aliphatic hydroxyl groups excluding tert-OH is 1. The molecule has 5 rings (SSSR count). The number of rotatable bonds is 44. The number of ketones is 1. The van der Waals surface area contributed by atoms with Gasteiger partial charge in [0.15, 0.2) is 5.96 Å². The number of hydrogen-bond donors (Lipinski definition) is 14. The van der Waals surface area contributed by atoms with E-state index in [9.17, 15) is 48.3 Å². The molecule has 0 aliphatic carbocycles. The molecule has 2 aromatic heterocycles. The van der Waals surface area contributed by atoms with Gasteiger partial charge in [-0.2, -0.15) is 24.4 Å². The number of nitrogens with two attached hydrogens (primary N) is 5. The Hall–Kier alpha value is -6.95. The topological polar surface area (TPSA) is 431 Å². The molecule has 1 aromatic carbocycles. The maximum atomic E-state index is 14.9. The fraction of sp³-hybridized carbons (Fsp3) is 0.644. The number of thioether (sulfide) groups is 1. The Balaban J connectivity index is 1.33. The van der Waals surface area contributed by atoms with Crippen LogP contribution in [-0.2, 0) is 51.2 Å². The first-order chi connectivity index (χ1) is 42.4. The second-order valence-corrected chi connectivity index (χ2v) is 24.2. The highest BCUT2D eigenvalue weighted by atomic mass is 32.2. The summed E-state index contributed by atoms with van der Waals surface area (Å²) in [6, 6.07) is 4.13. The van der Waals surface area contributed by atoms with Gasteiger partial charge in [0.25, 0.3) is 0 Å². The molecule has 0 saturated carbocycles. The van der Waals surface area contributed by atoms with Gasteiger partial charge in [-0.25, -0.2) is 9.78 Å². The predicted octanol–water partition coefficient (Wildman–Crippen LogP) is 0.195. The first-order valence-electron chi connectivity index (χ1n) is 30.8. The zero-order valence-corrected chi connectivity index (χ0v) is 52.5. The van der Waals surface area contributed by atoms with Crippen LogP contribution in [-0.4, -0.2) is 206 Å². The van der Waals surface area contributed by atoms with Gasteiger partial charge < -0.3 is 85.0 Å². The molecular formula is C59H95N17O10S2. The number of carbonyl (C=O) groups excluding carboxylic acids is 9. The number of nitrogens with one attached hydrogen (secondary N) is 7. The van der Waals surface area contributed by atoms with Gasteiger partial charge in [0.1, 0.15) is 23.9 Å². The summed E-state index contributed by atoms with van der Waals surface area (Å²) in [7, 11) is 0. The number of fused-ring (bicyclic) bond motifs is 2. The number of hydrogen-bond acceptors (Lipinski definition) is 16. The monoisotopic (exact) mass is 1270 g/mol. The molecule has 2 saturated heterocycles. The average Bonchev–Trinajstić information content (AvgIpc) is 2.48. The Morgan fingerprint density at radius 3 is 1.95 bits per heavy atom. The van der Waals surface area contributed by atoms with Gasteiger partial charge in [-0.05, 0) is 95.2 Å². The number of urea groups is 1. The molecule has 4 heterocycles. The summed E-state index contributed by atoms with van der Waals surface area (Å²) in [4.78, 5) is 142. The number of imidazole rings is 1. The zero-order valence-electron chi connectivity index (χ0n) is 50.8. The van der Waals surface area contributed by atoms with E-state index in [0.717, 1.165) is 35.1 Å². The van der Waals surface area contributed by atoms with Gasteiger partial charge in [0.2, 0.25) is 41.4 Å². The molecule has 6 unspecified atom stereocenters. The van der Waals surface area contributed by atoms with Crippen molar-refractivity contribution in [3.05, 3.63) is 54.2 Å². The standard InChI is InChI=1S/C59H95N17O10S2/c1-38(77)43(33-41(78)13-4-7-17-49-53-45(36-88-49)72-59(86)73-53)55(83)66-24-28-75(52(81)20-30-87)47(31-39-34-70-44-15-6-5-14-42(39)44)56(84)67-26-29-76(51(80)18-3-2-10-21-60)48(32-40-35-65-37-71-40)57(85)68-25-27-74(46(54(62)82)16-8-11-22-61)50(79)19-9-12-23-69-58(63)64/h5-6,14-15,34-35,37-38,43,45-49,53,70,77,87H,2-4,7-13,16-33,36,60-61H2,1H3,(H2,62,82)(H,65,71)(H,66,83)(H,67,84)(H,68,85)(H4,63,64,69)(H2,72,73,86)/t38?,43?,45-,46?,47?,48?,49?,53-/m0/s1. The van der Waals surface area contributed by atoms with Crippen LogP contribution in [0.4, 0.5) is 4.79 Å². The molecule has 8 atom stereocenters. The molecule has 27 nitrogen and oxygen atoms in total. The Kier molecular flexibility index (Phi) is 31.4. The van der Waals surface area contributed by atoms with Gasteiger partial charge >= 0.3 is 6.03 Å². The minimum absolute atomic E-state index is 0.0227. The van der Waals surface area contributed by atoms with E-state index in [2.05, 4.69) is 59.2 Å². The van der Waals surface area contributed by atoms with Crippen molar-refractivity contribution >= 4 is 94.4 Å². The van der Waals surface area contributed by atoms with Crippen LogP contribution in [0, 0.1) is 5.92 Å². The fourth-order valence-electron chi connectivity index (χ4n) is 11.2. The lowest BCUT2D eigenvalue weighted by molar-refractivity contribution is -0.142. The summed E-state index contributed by atoms with van der Waals surface area (Å²) in [5.41, 5.74) is 30.4. The molecule has 88 heavy (non-hydrogen) atoms. The molecule has 488 valence electrons. The first-order valence-corrected chi connectivity index (χ1v) is 32.5. The maximum absolute atomic E-state index is 14.9. The third-order valence-corrected chi connectivity index (χ3v) is 17.7. The Labute approximate surface area is 524 Å². The summed E-state index contributed by atoms with van der Waals surface area (Å²) < 4.78 is 0. The lowest BCUT2D eigenvalue weighted by Gasteiger charge is -2.34. The van der Waals surface area contributed by atoms with E-state index in [1.54, 1.807) is 18.0 Å². The Morgan fingerprint density at radius 1 is 0.739 bits per heavy atom. The number of aromatic amines is 2. The van der Waals surface area contributed by atoms with E-state index < -0.39 is 59.7 Å². The summed E-state index contributed by atoms with van der Waals surface area (Å²) >= 11 is 6.15. The number of primary amides is 1. The van der Waals surface area contributed by atoms with Gasteiger partial charge in [-0.1, -0.05) is 31.0 Å². The summed E-state index contributed by atoms with van der Waals surface area (Å²) in [5, 5.41) is 26.4. The quantitative estimate of drug-likeness (QED) is 0.0118. The van der Waals surface area contributed by atoms with Crippen LogP contribution < -0.4 is 55.3 Å². The molecule has 9 amide bonds. The van der Waals surface area contributed by atoms with Gasteiger partial charge in [0.05, 0.1) is 30.4 Å². The number of unbranched alkanes of at least 4 members (excludes halogenated alkanes) is 5. The highest BCUT2D eigenvalue weighted by Crippen LogP contribution is 2.33. The maximum Gasteiger partial charge on any atom is 0.315 e. The number of aromatic nitrogens is 3. The van der Waals surface area contributed by atoms with E-state index in [1.165, 1.54) is 34.1 Å². The van der Waals surface area contributed by atoms with Crippen LogP contribution in [0.25, 0.3) is 10.9 Å². The molecular weight excluding hydrogens is 1170 g/mol. The van der Waals surface area contributed by atoms with Crippen molar-refractivity contribution in [3.63, 3.8) is 0 Å². The Morgan fingerprint density at radius 2 is 1.34 bits per heavy atom. The number of thiol groups is 1. The van der Waals surface area contributed by atoms with Crippen LogP contribution in [0.1, 0.15) is 121 Å². The van der Waals surface area contributed by atoms with Crippen molar-refractivity contribution < 1.29 is 48.3 Å². The van der Waals surface area contributed by atoms with Crippen LogP contribution in [0.5, 0.6) is 0 Å². The highest BCUT2D eigenvalue weighted by molar-refractivity contribution is 8.00. The smallest absolute Gasteiger partial charge is 0.315 e. The van der Waals surface area contributed by atoms with Crippen molar-refractivity contribution in [1.29, 1.82) is 0 Å². The average molecular weight is 1270 g/mol. The molecule has 0 radical (unpaired) electrons. The van der Waals surface area contributed by atoms with Crippen molar-refractivity contribution in [1.82, 2.24) is 56.2 Å². The largest absolute Gasteiger partial charge is 0.393 e. The lowest BCUT2D eigenvalue weighted by Crippen LogP contribution is -2.56. The Bertz CT molecular complexity index is 2750. The number of aliphatic imine (C=N–C) groups is 1. The number of H-pyrrole nitrogens is 2. The predicted molar refractivity (Wildman–Crippen MR) is 341 cm³/mol. The third kappa shape index (κ3) is 23.2. The zero-order chi connectivity index (χ0) is 64.0. The van der Waals surface area contributed by atoms with Gasteiger partial charge in [-0.3, -0.25) is 43.3 Å². The molecule has 29 heteroatoms. The van der Waals surface area contributed by atoms with Crippen LogP contribution in [0.2, 0.25) is 0 Å². The van der Waals surface area contributed by atoms with E-state index in [4.69, 9.17) is 28.7 Å². The molecule has 18 N–H and O–H groups in total. The molecule has 2 aliphatic heterocycles. The van der Waals surface area contributed by atoms with Crippen LogP contribution in [0.15, 0.2) is 48.0 Å². The minimum atomic E-state index is -1.18. The van der Waals surface area contributed by atoms with Crippen molar-refractivity contribution in [2.45, 2.75) is 164 Å². The molecule has 2 aliphatic rings. The molecule has 2 fully saturated rings. The minimum Gasteiger partial charge on any atom is -0.393 e. The highest BCUT2D eigenvalue weighted by Gasteiger charge is 2.43.